The Morgan fingerprint density at radius 1 is 0.969 bits per heavy atom. The molecule has 4 aromatic rings. The molecule has 0 radical (unpaired) electrons. The van der Waals surface area contributed by atoms with Gasteiger partial charge in [-0.2, -0.15) is 10.2 Å². The minimum absolute atomic E-state index is 0.327. The van der Waals surface area contributed by atoms with Crippen molar-refractivity contribution in [2.24, 2.45) is 5.10 Å². The second-order valence-corrected chi connectivity index (χ2v) is 6.95. The molecule has 0 saturated carbocycles. The molecular formula is C26H22N4O2. The molecule has 0 bridgehead atoms. The number of nitrogens with one attached hydrogen (secondary N) is 2. The summed E-state index contributed by atoms with van der Waals surface area (Å²) in [4.78, 5) is 12.3. The van der Waals surface area contributed by atoms with Crippen LogP contribution in [0.4, 0.5) is 0 Å². The number of hydrazone groups is 1. The van der Waals surface area contributed by atoms with Gasteiger partial charge in [0.1, 0.15) is 18.1 Å². The van der Waals surface area contributed by atoms with Gasteiger partial charge in [-0.05, 0) is 47.5 Å². The van der Waals surface area contributed by atoms with Crippen LogP contribution in [0.3, 0.4) is 0 Å². The Morgan fingerprint density at radius 3 is 2.44 bits per heavy atom. The van der Waals surface area contributed by atoms with E-state index in [1.54, 1.807) is 12.1 Å². The third-order valence-corrected chi connectivity index (χ3v) is 4.64. The summed E-state index contributed by atoms with van der Waals surface area (Å²) in [6, 6.07) is 29.1. The van der Waals surface area contributed by atoms with E-state index < -0.39 is 0 Å². The molecule has 0 spiro atoms. The van der Waals surface area contributed by atoms with E-state index in [-0.39, 0.29) is 5.91 Å². The first-order valence-corrected chi connectivity index (χ1v) is 10.2. The zero-order chi connectivity index (χ0) is 22.0. The van der Waals surface area contributed by atoms with E-state index in [1.165, 1.54) is 6.21 Å². The quantitative estimate of drug-likeness (QED) is 0.307. The number of ether oxygens (including phenoxy) is 1. The highest BCUT2D eigenvalue weighted by atomic mass is 16.5. The van der Waals surface area contributed by atoms with Crippen molar-refractivity contribution in [2.75, 3.05) is 0 Å². The molecule has 1 amide bonds. The van der Waals surface area contributed by atoms with Crippen LogP contribution in [0.15, 0.2) is 102 Å². The van der Waals surface area contributed by atoms with E-state index in [1.807, 2.05) is 91.0 Å². The maximum absolute atomic E-state index is 12.3. The van der Waals surface area contributed by atoms with Gasteiger partial charge in [0, 0.05) is 11.8 Å². The van der Waals surface area contributed by atoms with E-state index in [4.69, 9.17) is 4.74 Å². The molecule has 0 fully saturated rings. The number of allylic oxidation sites excluding steroid dienone is 1. The Bertz CT molecular complexity index is 1200. The second kappa shape index (κ2) is 10.5. The van der Waals surface area contributed by atoms with E-state index in [9.17, 15) is 4.79 Å². The number of rotatable bonds is 8. The zero-order valence-electron chi connectivity index (χ0n) is 17.3. The normalized spacial score (nSPS) is 11.1. The van der Waals surface area contributed by atoms with Gasteiger partial charge in [0.2, 0.25) is 0 Å². The molecule has 158 valence electrons. The second-order valence-electron chi connectivity index (χ2n) is 6.95. The van der Waals surface area contributed by atoms with Gasteiger partial charge < -0.3 is 4.74 Å². The maximum Gasteiger partial charge on any atom is 0.289 e. The largest absolute Gasteiger partial charge is 0.489 e. The summed E-state index contributed by atoms with van der Waals surface area (Å²) in [5.41, 5.74) is 6.51. The van der Waals surface area contributed by atoms with Crippen molar-refractivity contribution in [2.45, 2.75) is 6.61 Å². The van der Waals surface area contributed by atoms with Crippen molar-refractivity contribution >= 4 is 18.2 Å². The van der Waals surface area contributed by atoms with E-state index in [2.05, 4.69) is 20.7 Å². The van der Waals surface area contributed by atoms with Crippen molar-refractivity contribution in [1.82, 2.24) is 15.6 Å². The summed E-state index contributed by atoms with van der Waals surface area (Å²) in [5, 5.41) is 10.9. The highest BCUT2D eigenvalue weighted by molar-refractivity contribution is 5.94. The molecule has 6 nitrogen and oxygen atoms in total. The first-order chi connectivity index (χ1) is 15.8. The Balaban J connectivity index is 1.30. The molecule has 0 unspecified atom stereocenters. The van der Waals surface area contributed by atoms with E-state index >= 15 is 0 Å². The molecule has 0 aliphatic carbocycles. The van der Waals surface area contributed by atoms with E-state index in [0.29, 0.717) is 18.0 Å². The van der Waals surface area contributed by atoms with Crippen molar-refractivity contribution in [1.29, 1.82) is 0 Å². The van der Waals surface area contributed by atoms with Crippen LogP contribution in [-0.4, -0.2) is 22.3 Å². The summed E-state index contributed by atoms with van der Waals surface area (Å²) in [6.07, 6.45) is 5.18. The number of aromatic amines is 1. The van der Waals surface area contributed by atoms with Crippen LogP contribution in [-0.2, 0) is 6.61 Å². The molecule has 4 rings (SSSR count). The predicted octanol–water partition coefficient (Wildman–Crippen LogP) is 5.08. The number of hydrogen-bond acceptors (Lipinski definition) is 4. The number of carbonyl (C=O) groups excluding carboxylic acids is 1. The average molecular weight is 422 g/mol. The van der Waals surface area contributed by atoms with Gasteiger partial charge in [-0.1, -0.05) is 66.7 Å². The molecule has 0 aliphatic heterocycles. The average Bonchev–Trinajstić information content (AvgIpc) is 3.35. The lowest BCUT2D eigenvalue weighted by atomic mass is 10.1. The number of aromatic nitrogens is 2. The number of carbonyl (C=O) groups is 1. The van der Waals surface area contributed by atoms with Crippen LogP contribution in [0.25, 0.3) is 17.3 Å². The van der Waals surface area contributed by atoms with Gasteiger partial charge >= 0.3 is 0 Å². The molecule has 0 saturated heterocycles. The lowest BCUT2D eigenvalue weighted by Gasteiger charge is -2.06. The molecule has 0 atom stereocenters. The summed E-state index contributed by atoms with van der Waals surface area (Å²) < 4.78 is 5.80. The number of benzene rings is 3. The molecule has 32 heavy (non-hydrogen) atoms. The van der Waals surface area contributed by atoms with Gasteiger partial charge in [-0.25, -0.2) is 5.43 Å². The Morgan fingerprint density at radius 2 is 1.69 bits per heavy atom. The molecule has 1 aromatic heterocycles. The predicted molar refractivity (Wildman–Crippen MR) is 126 cm³/mol. The fourth-order valence-corrected chi connectivity index (χ4v) is 2.97. The van der Waals surface area contributed by atoms with Gasteiger partial charge in [-0.3, -0.25) is 9.89 Å². The van der Waals surface area contributed by atoms with Crippen molar-refractivity contribution in [3.63, 3.8) is 0 Å². The van der Waals surface area contributed by atoms with Gasteiger partial charge in [-0.15, -0.1) is 0 Å². The third-order valence-electron chi connectivity index (χ3n) is 4.64. The Hall–Kier alpha value is -4.45. The van der Waals surface area contributed by atoms with Crippen LogP contribution in [0.1, 0.15) is 21.6 Å². The van der Waals surface area contributed by atoms with Gasteiger partial charge in [0.05, 0.1) is 5.69 Å². The number of amides is 1. The molecular weight excluding hydrogens is 400 g/mol. The number of hydrogen-bond donors (Lipinski definition) is 2. The Kier molecular flexibility index (Phi) is 6.85. The van der Waals surface area contributed by atoms with Crippen molar-refractivity contribution < 1.29 is 9.53 Å². The van der Waals surface area contributed by atoms with Crippen LogP contribution < -0.4 is 10.2 Å². The molecule has 0 aliphatic rings. The fraction of sp³-hybridized carbons (Fsp3) is 0.0385. The van der Waals surface area contributed by atoms with Crippen LogP contribution in [0.5, 0.6) is 5.75 Å². The molecule has 2 N–H and O–H groups in total. The summed E-state index contributed by atoms with van der Waals surface area (Å²) in [5.74, 6) is 0.403. The zero-order valence-corrected chi connectivity index (χ0v) is 17.3. The highest BCUT2D eigenvalue weighted by Crippen LogP contribution is 2.22. The smallest absolute Gasteiger partial charge is 0.289 e. The van der Waals surface area contributed by atoms with E-state index in [0.717, 1.165) is 22.4 Å². The monoisotopic (exact) mass is 422 g/mol. The van der Waals surface area contributed by atoms with Crippen molar-refractivity contribution in [3.8, 4) is 17.0 Å². The summed E-state index contributed by atoms with van der Waals surface area (Å²) in [6.45, 7) is 0.508. The third kappa shape index (κ3) is 5.79. The molecule has 6 heteroatoms. The van der Waals surface area contributed by atoms with Crippen LogP contribution in [0.2, 0.25) is 0 Å². The lowest BCUT2D eigenvalue weighted by molar-refractivity contribution is 0.0950. The van der Waals surface area contributed by atoms with Gasteiger partial charge in [0.25, 0.3) is 5.91 Å². The number of H-pyrrole nitrogens is 1. The minimum Gasteiger partial charge on any atom is -0.489 e. The first-order valence-electron chi connectivity index (χ1n) is 10.2. The lowest BCUT2D eigenvalue weighted by Crippen LogP contribution is -2.17. The minimum atomic E-state index is -0.365. The Labute approximate surface area is 186 Å². The highest BCUT2D eigenvalue weighted by Gasteiger charge is 2.10. The fourth-order valence-electron chi connectivity index (χ4n) is 2.97. The molecule has 1 heterocycles. The van der Waals surface area contributed by atoms with Crippen LogP contribution >= 0.6 is 0 Å². The SMILES string of the molecule is O=C(N/N=C/C=C/c1ccccc1)c1cc(-c2ccc(OCc3ccccc3)cc2)n[nH]1. The summed E-state index contributed by atoms with van der Waals surface area (Å²) in [7, 11) is 0. The molecule has 3 aromatic carbocycles. The number of nitrogens with zero attached hydrogens (tertiary/aromatic N) is 2. The first kappa shape index (κ1) is 20.8. The van der Waals surface area contributed by atoms with Crippen molar-refractivity contribution in [3.05, 3.63) is 114 Å². The topological polar surface area (TPSA) is 79.4 Å². The summed E-state index contributed by atoms with van der Waals surface area (Å²) >= 11 is 0. The maximum atomic E-state index is 12.3. The standard InChI is InChI=1S/C26H22N4O2/c31-26(30-27-17-7-12-20-8-3-1-4-9-20)25-18-24(28-29-25)22-13-15-23(16-14-22)32-19-21-10-5-2-6-11-21/h1-18H,19H2,(H,28,29)(H,30,31)/b12-7+,27-17+. The van der Waals surface area contributed by atoms with Gasteiger partial charge in [0.15, 0.2) is 0 Å². The van der Waals surface area contributed by atoms with Crippen LogP contribution in [0, 0.1) is 0 Å².